The molecule has 0 aliphatic carbocycles. The number of hydrogen-bond acceptors (Lipinski definition) is 7. The molecule has 0 saturated heterocycles. The number of carbonyl (C=O) groups is 4. The first-order valence-corrected chi connectivity index (χ1v) is 9.61. The minimum atomic E-state index is -5.32. The van der Waals surface area contributed by atoms with Gasteiger partial charge in [-0.3, -0.25) is 9.59 Å². The van der Waals surface area contributed by atoms with Gasteiger partial charge in [-0.15, -0.1) is 0 Å². The van der Waals surface area contributed by atoms with E-state index in [4.69, 9.17) is 5.11 Å². The Morgan fingerprint density at radius 2 is 1.16 bits per heavy atom. The summed E-state index contributed by atoms with van der Waals surface area (Å²) in [5, 5.41) is 8.52. The molecule has 0 rings (SSSR count). The molecule has 0 bridgehead atoms. The van der Waals surface area contributed by atoms with Crippen LogP contribution in [0.3, 0.4) is 0 Å². The summed E-state index contributed by atoms with van der Waals surface area (Å²) < 4.78 is 84.8. The number of unbranched alkanes of at least 4 members (excludes halogenated alkanes) is 6. The third kappa shape index (κ3) is 14.5. The van der Waals surface area contributed by atoms with Crippen molar-refractivity contribution in [3.05, 3.63) is 0 Å². The Balaban J connectivity index is 4.45. The van der Waals surface area contributed by atoms with Gasteiger partial charge in [0.15, 0.2) is 0 Å². The number of ether oxygens (including phenoxy) is 3. The molecule has 0 saturated carbocycles. The number of aliphatic carboxylic acids is 1. The van der Waals surface area contributed by atoms with Crippen LogP contribution < -0.4 is 0 Å². The van der Waals surface area contributed by atoms with Crippen molar-refractivity contribution in [3.63, 3.8) is 0 Å². The number of halogens is 6. The number of rotatable bonds is 15. The maximum atomic E-state index is 12.2. The van der Waals surface area contributed by atoms with Crippen molar-refractivity contribution >= 4 is 23.9 Å². The van der Waals surface area contributed by atoms with Crippen LogP contribution in [0.4, 0.5) is 26.3 Å². The van der Waals surface area contributed by atoms with Crippen LogP contribution in [0.5, 0.6) is 0 Å². The van der Waals surface area contributed by atoms with Gasteiger partial charge in [0.05, 0.1) is 5.92 Å². The van der Waals surface area contributed by atoms with E-state index in [1.54, 1.807) is 0 Å². The number of carbonyl (C=O) groups excluding carboxylic acids is 3. The second kappa shape index (κ2) is 14.5. The van der Waals surface area contributed by atoms with E-state index in [9.17, 15) is 45.5 Å². The Morgan fingerprint density at radius 1 is 0.688 bits per heavy atom. The Morgan fingerprint density at radius 3 is 1.66 bits per heavy atom. The molecule has 0 spiro atoms. The molecular formula is C18H24F6O8. The molecule has 0 radical (unpaired) electrons. The van der Waals surface area contributed by atoms with E-state index in [0.717, 1.165) is 12.8 Å². The summed E-state index contributed by atoms with van der Waals surface area (Å²) in [6.07, 6.45) is -6.33. The molecule has 1 atom stereocenters. The smallest absolute Gasteiger partial charge is 0.481 e. The van der Waals surface area contributed by atoms with Gasteiger partial charge in [-0.1, -0.05) is 38.5 Å². The lowest BCUT2D eigenvalue weighted by Crippen LogP contribution is -2.31. The van der Waals surface area contributed by atoms with Crippen molar-refractivity contribution < 1.29 is 64.8 Å². The van der Waals surface area contributed by atoms with Gasteiger partial charge >= 0.3 is 36.2 Å². The minimum Gasteiger partial charge on any atom is -0.481 e. The van der Waals surface area contributed by atoms with E-state index in [1.165, 1.54) is 0 Å². The summed E-state index contributed by atoms with van der Waals surface area (Å²) in [5.41, 5.74) is 0. The molecule has 14 heteroatoms. The molecule has 0 aromatic carbocycles. The minimum absolute atomic E-state index is 0.0682. The van der Waals surface area contributed by atoms with Crippen LogP contribution >= 0.6 is 0 Å². The number of carboxylic acids is 1. The van der Waals surface area contributed by atoms with Gasteiger partial charge in [0, 0.05) is 6.42 Å². The summed E-state index contributed by atoms with van der Waals surface area (Å²) in [6, 6.07) is 0. The monoisotopic (exact) mass is 482 g/mol. The predicted molar refractivity (Wildman–Crippen MR) is 92.8 cm³/mol. The van der Waals surface area contributed by atoms with E-state index < -0.39 is 55.5 Å². The van der Waals surface area contributed by atoms with E-state index in [2.05, 4.69) is 14.2 Å². The molecule has 0 amide bonds. The van der Waals surface area contributed by atoms with Crippen LogP contribution in [-0.4, -0.2) is 54.7 Å². The zero-order valence-electron chi connectivity index (χ0n) is 16.9. The lowest BCUT2D eigenvalue weighted by Gasteiger charge is -2.17. The fraction of sp³-hybridized carbons (Fsp3) is 0.778. The summed E-state index contributed by atoms with van der Waals surface area (Å²) in [4.78, 5) is 43.7. The van der Waals surface area contributed by atoms with Crippen LogP contribution in [0.15, 0.2) is 0 Å². The van der Waals surface area contributed by atoms with Crippen LogP contribution in [0.25, 0.3) is 0 Å². The number of hydrogen-bond donors (Lipinski definition) is 1. The first-order valence-electron chi connectivity index (χ1n) is 9.61. The zero-order chi connectivity index (χ0) is 24.8. The number of alkyl halides is 6. The first-order chi connectivity index (χ1) is 14.7. The summed E-state index contributed by atoms with van der Waals surface area (Å²) in [7, 11) is 0. The highest BCUT2D eigenvalue weighted by Crippen LogP contribution is 2.20. The molecule has 8 nitrogen and oxygen atoms in total. The van der Waals surface area contributed by atoms with E-state index in [1.807, 2.05) is 0 Å². The van der Waals surface area contributed by atoms with Crippen molar-refractivity contribution in [2.75, 3.05) is 13.4 Å². The molecule has 0 aliphatic heterocycles. The summed E-state index contributed by atoms with van der Waals surface area (Å²) in [6.45, 7) is -2.42. The zero-order valence-corrected chi connectivity index (χ0v) is 16.9. The van der Waals surface area contributed by atoms with Gasteiger partial charge < -0.3 is 19.3 Å². The maximum Gasteiger partial charge on any atom is 0.491 e. The van der Waals surface area contributed by atoms with Gasteiger partial charge in [-0.05, 0) is 12.8 Å². The average Bonchev–Trinajstić information content (AvgIpc) is 2.66. The van der Waals surface area contributed by atoms with Crippen molar-refractivity contribution in [1.82, 2.24) is 0 Å². The van der Waals surface area contributed by atoms with Gasteiger partial charge in [0.1, 0.15) is 6.61 Å². The molecule has 0 heterocycles. The molecule has 32 heavy (non-hydrogen) atoms. The Kier molecular flexibility index (Phi) is 13.4. The molecular weight excluding hydrogens is 458 g/mol. The Labute approximate surface area is 179 Å². The van der Waals surface area contributed by atoms with Crippen molar-refractivity contribution in [2.24, 2.45) is 5.92 Å². The lowest BCUT2D eigenvalue weighted by molar-refractivity contribution is -0.212. The van der Waals surface area contributed by atoms with E-state index in [0.29, 0.717) is 32.1 Å². The first kappa shape index (κ1) is 29.5. The number of esters is 3. The SMILES string of the molecule is O=C(O)CCCCCCCCCC(COC(=O)C(F)(F)F)C(=O)OCOC(=O)C(F)(F)F. The van der Waals surface area contributed by atoms with Crippen LogP contribution in [0.2, 0.25) is 0 Å². The highest BCUT2D eigenvalue weighted by atomic mass is 19.4. The Bertz CT molecular complexity index is 618. The standard InChI is InChI=1S/C18H24F6O8/c19-17(20,21)15(28)30-10-12(14(27)31-11-32-16(29)18(22,23)24)8-6-4-2-1-3-5-7-9-13(25)26/h12H,1-11H2,(H,25,26). The molecule has 1 unspecified atom stereocenters. The van der Waals surface area contributed by atoms with Crippen LogP contribution in [0.1, 0.15) is 57.8 Å². The largest absolute Gasteiger partial charge is 0.491 e. The quantitative estimate of drug-likeness (QED) is 0.162. The third-order valence-corrected chi connectivity index (χ3v) is 4.05. The fourth-order valence-electron chi connectivity index (χ4n) is 2.42. The van der Waals surface area contributed by atoms with E-state index in [-0.39, 0.29) is 12.8 Å². The third-order valence-electron chi connectivity index (χ3n) is 4.05. The predicted octanol–water partition coefficient (Wildman–Crippen LogP) is 3.91. The van der Waals surface area contributed by atoms with Gasteiger partial charge in [-0.2, -0.15) is 26.3 Å². The molecule has 0 fully saturated rings. The van der Waals surface area contributed by atoms with Gasteiger partial charge in [0.25, 0.3) is 0 Å². The van der Waals surface area contributed by atoms with Crippen molar-refractivity contribution in [2.45, 2.75) is 70.1 Å². The molecule has 1 N–H and O–H groups in total. The highest BCUT2D eigenvalue weighted by Gasteiger charge is 2.42. The second-order valence-corrected chi connectivity index (χ2v) is 6.71. The van der Waals surface area contributed by atoms with Crippen molar-refractivity contribution in [3.8, 4) is 0 Å². The molecule has 0 aromatic heterocycles. The highest BCUT2D eigenvalue weighted by molar-refractivity contribution is 5.77. The normalized spacial score (nSPS) is 12.7. The fourth-order valence-corrected chi connectivity index (χ4v) is 2.42. The molecule has 0 aromatic rings. The van der Waals surface area contributed by atoms with Gasteiger partial charge in [-0.25, -0.2) is 9.59 Å². The lowest BCUT2D eigenvalue weighted by atomic mass is 10.0. The van der Waals surface area contributed by atoms with E-state index >= 15 is 0 Å². The summed E-state index contributed by atoms with van der Waals surface area (Å²) in [5.74, 6) is -8.73. The topological polar surface area (TPSA) is 116 Å². The van der Waals surface area contributed by atoms with Crippen LogP contribution in [0, 0.1) is 5.92 Å². The Hall–Kier alpha value is -2.54. The maximum absolute atomic E-state index is 12.2. The number of carboxylic acid groups (broad SMARTS) is 1. The molecule has 0 aliphatic rings. The van der Waals surface area contributed by atoms with Crippen molar-refractivity contribution in [1.29, 1.82) is 0 Å². The average molecular weight is 482 g/mol. The van der Waals surface area contributed by atoms with Gasteiger partial charge in [0.2, 0.25) is 6.79 Å². The van der Waals surface area contributed by atoms with Crippen LogP contribution in [-0.2, 0) is 33.4 Å². The summed E-state index contributed by atoms with van der Waals surface area (Å²) >= 11 is 0. The second-order valence-electron chi connectivity index (χ2n) is 6.71. The molecule has 186 valence electrons.